The molecule has 0 saturated carbocycles. The second-order valence-corrected chi connectivity index (χ2v) is 4.94. The van der Waals surface area contributed by atoms with Crippen molar-refractivity contribution in [3.63, 3.8) is 0 Å². The topological polar surface area (TPSA) is 78.8 Å². The number of benzene rings is 1. The zero-order chi connectivity index (χ0) is 15.1. The summed E-state index contributed by atoms with van der Waals surface area (Å²) in [4.78, 5) is 10.7. The molecule has 0 radical (unpaired) electrons. The van der Waals surface area contributed by atoms with Gasteiger partial charge < -0.3 is 24.5 Å². The van der Waals surface area contributed by atoms with Crippen LogP contribution in [0.1, 0.15) is 19.4 Å². The van der Waals surface area contributed by atoms with Gasteiger partial charge >= 0.3 is 0 Å². The van der Waals surface area contributed by atoms with Crippen LogP contribution in [0.5, 0.6) is 5.75 Å². The maximum absolute atomic E-state index is 10.7. The smallest absolute Gasteiger partial charge is 0.118 e. The van der Waals surface area contributed by atoms with Gasteiger partial charge in [-0.25, -0.2) is 0 Å². The number of aliphatic carboxylic acids is 1. The Balaban J connectivity index is 2.37. The molecule has 1 N–H and O–H groups in total. The average molecular weight is 281 g/mol. The van der Waals surface area contributed by atoms with Gasteiger partial charge in [-0.05, 0) is 17.7 Å². The van der Waals surface area contributed by atoms with E-state index in [1.165, 1.54) is 6.92 Å². The molecule has 1 aromatic carbocycles. The lowest BCUT2D eigenvalue weighted by atomic mass is 9.94. The van der Waals surface area contributed by atoms with E-state index >= 15 is 0 Å². The molecule has 0 heterocycles. The zero-order valence-corrected chi connectivity index (χ0v) is 12.0. The number of carboxylic acids is 1. The van der Waals surface area contributed by atoms with Crippen LogP contribution >= 0.6 is 0 Å². The van der Waals surface area contributed by atoms with E-state index in [1.807, 2.05) is 24.3 Å². The Kier molecular flexibility index (Phi) is 6.48. The highest BCUT2D eigenvalue weighted by Crippen LogP contribution is 2.15. The first kappa shape index (κ1) is 16.5. The SMILES string of the molecule is COc1ccc(COC[C@H](C)[C@H](O)[C@@H](C)C(=O)[O-])cc1. The molecule has 0 aliphatic rings. The van der Waals surface area contributed by atoms with Crippen LogP contribution in [0.4, 0.5) is 0 Å². The third-order valence-electron chi connectivity index (χ3n) is 3.28. The van der Waals surface area contributed by atoms with E-state index in [0.717, 1.165) is 11.3 Å². The minimum Gasteiger partial charge on any atom is -0.550 e. The predicted octanol–water partition coefficient (Wildman–Crippen LogP) is 0.595. The van der Waals surface area contributed by atoms with Gasteiger partial charge in [-0.15, -0.1) is 0 Å². The van der Waals surface area contributed by atoms with Gasteiger partial charge in [0, 0.05) is 17.8 Å². The van der Waals surface area contributed by atoms with E-state index < -0.39 is 18.0 Å². The third-order valence-corrected chi connectivity index (χ3v) is 3.28. The van der Waals surface area contributed by atoms with Crippen molar-refractivity contribution in [1.29, 1.82) is 0 Å². The molecule has 1 aromatic rings. The highest BCUT2D eigenvalue weighted by molar-refractivity contribution is 5.67. The van der Waals surface area contributed by atoms with E-state index in [0.29, 0.717) is 6.61 Å². The summed E-state index contributed by atoms with van der Waals surface area (Å²) >= 11 is 0. The Bertz CT molecular complexity index is 415. The van der Waals surface area contributed by atoms with Crippen LogP contribution in [0.3, 0.4) is 0 Å². The molecule has 112 valence electrons. The quantitative estimate of drug-likeness (QED) is 0.754. The second-order valence-electron chi connectivity index (χ2n) is 4.94. The molecule has 0 aromatic heterocycles. The lowest BCUT2D eigenvalue weighted by molar-refractivity contribution is -0.314. The van der Waals surface area contributed by atoms with Crippen LogP contribution < -0.4 is 9.84 Å². The van der Waals surface area contributed by atoms with Crippen LogP contribution in [0.2, 0.25) is 0 Å². The van der Waals surface area contributed by atoms with Crippen LogP contribution in [0, 0.1) is 11.8 Å². The van der Waals surface area contributed by atoms with Crippen LogP contribution in [-0.2, 0) is 16.1 Å². The van der Waals surface area contributed by atoms with Gasteiger partial charge in [0.05, 0.1) is 26.4 Å². The fraction of sp³-hybridized carbons (Fsp3) is 0.533. The summed E-state index contributed by atoms with van der Waals surface area (Å²) in [5, 5.41) is 20.5. The molecule has 5 nitrogen and oxygen atoms in total. The summed E-state index contributed by atoms with van der Waals surface area (Å²) < 4.78 is 10.5. The van der Waals surface area contributed by atoms with E-state index in [4.69, 9.17) is 9.47 Å². The Morgan fingerprint density at radius 1 is 1.30 bits per heavy atom. The van der Waals surface area contributed by atoms with E-state index in [2.05, 4.69) is 0 Å². The van der Waals surface area contributed by atoms with Crippen molar-refractivity contribution in [3.8, 4) is 5.75 Å². The number of carbonyl (C=O) groups excluding carboxylic acids is 1. The first-order valence-corrected chi connectivity index (χ1v) is 6.55. The monoisotopic (exact) mass is 281 g/mol. The Labute approximate surface area is 119 Å². The van der Waals surface area contributed by atoms with Gasteiger partial charge in [0.15, 0.2) is 0 Å². The standard InChI is InChI=1S/C15H22O5/c1-10(14(16)11(2)15(17)18)8-20-9-12-4-6-13(19-3)7-5-12/h4-7,10-11,14,16H,8-9H2,1-3H3,(H,17,18)/p-1/t10-,11+,14-/m0/s1. The largest absolute Gasteiger partial charge is 0.550 e. The van der Waals surface area contributed by atoms with Gasteiger partial charge in [0.1, 0.15) is 5.75 Å². The summed E-state index contributed by atoms with van der Waals surface area (Å²) in [6.45, 7) is 3.86. The fourth-order valence-corrected chi connectivity index (χ4v) is 1.82. The molecule has 0 spiro atoms. The highest BCUT2D eigenvalue weighted by atomic mass is 16.5. The number of aliphatic hydroxyl groups is 1. The van der Waals surface area contributed by atoms with Crippen molar-refractivity contribution in [3.05, 3.63) is 29.8 Å². The summed E-state index contributed by atoms with van der Waals surface area (Å²) in [5.41, 5.74) is 0.987. The molecule has 3 atom stereocenters. The number of carbonyl (C=O) groups is 1. The van der Waals surface area contributed by atoms with Crippen LogP contribution in [0.25, 0.3) is 0 Å². The lowest BCUT2D eigenvalue weighted by Crippen LogP contribution is -2.40. The highest BCUT2D eigenvalue weighted by Gasteiger charge is 2.22. The second kappa shape index (κ2) is 7.87. The summed E-state index contributed by atoms with van der Waals surface area (Å²) in [6.07, 6.45) is -0.976. The van der Waals surface area contributed by atoms with Gasteiger partial charge in [-0.3, -0.25) is 0 Å². The Hall–Kier alpha value is -1.59. The number of methoxy groups -OCH3 is 1. The Morgan fingerprint density at radius 3 is 2.40 bits per heavy atom. The molecule has 0 aliphatic heterocycles. The number of ether oxygens (including phenoxy) is 2. The van der Waals surface area contributed by atoms with E-state index in [1.54, 1.807) is 14.0 Å². The first-order valence-electron chi connectivity index (χ1n) is 6.55. The van der Waals surface area contributed by atoms with Gasteiger partial charge in [0.25, 0.3) is 0 Å². The number of hydrogen-bond donors (Lipinski definition) is 1. The lowest BCUT2D eigenvalue weighted by Gasteiger charge is -2.25. The molecular formula is C15H21O5-. The van der Waals surface area contributed by atoms with Crippen LogP contribution in [-0.4, -0.2) is 30.9 Å². The molecule has 0 unspecified atom stereocenters. The Morgan fingerprint density at radius 2 is 1.90 bits per heavy atom. The number of carboxylic acid groups (broad SMARTS) is 1. The van der Waals surface area contributed by atoms with Crippen LogP contribution in [0.15, 0.2) is 24.3 Å². The van der Waals surface area contributed by atoms with Crippen molar-refractivity contribution >= 4 is 5.97 Å². The maximum atomic E-state index is 10.7. The molecule has 0 aliphatic carbocycles. The average Bonchev–Trinajstić information content (AvgIpc) is 2.46. The molecule has 1 rings (SSSR count). The summed E-state index contributed by atoms with van der Waals surface area (Å²) in [5.74, 6) is -1.66. The summed E-state index contributed by atoms with van der Waals surface area (Å²) in [7, 11) is 1.60. The molecule has 5 heteroatoms. The number of rotatable bonds is 8. The fourth-order valence-electron chi connectivity index (χ4n) is 1.82. The summed E-state index contributed by atoms with van der Waals surface area (Å²) in [6, 6.07) is 7.47. The normalized spacial score (nSPS) is 15.4. The number of aliphatic hydroxyl groups excluding tert-OH is 1. The van der Waals surface area contributed by atoms with Gasteiger partial charge in [-0.1, -0.05) is 26.0 Å². The van der Waals surface area contributed by atoms with Gasteiger partial charge in [-0.2, -0.15) is 0 Å². The molecule has 0 fully saturated rings. The van der Waals surface area contributed by atoms with Crippen molar-refractivity contribution in [2.45, 2.75) is 26.6 Å². The third kappa shape index (κ3) is 4.83. The van der Waals surface area contributed by atoms with Crippen molar-refractivity contribution in [2.75, 3.05) is 13.7 Å². The first-order chi connectivity index (χ1) is 9.45. The minimum absolute atomic E-state index is 0.277. The molecule has 0 saturated heterocycles. The minimum atomic E-state index is -1.25. The molecular weight excluding hydrogens is 260 g/mol. The van der Waals surface area contributed by atoms with Gasteiger partial charge in [0.2, 0.25) is 0 Å². The molecule has 0 bridgehead atoms. The van der Waals surface area contributed by atoms with E-state index in [9.17, 15) is 15.0 Å². The zero-order valence-electron chi connectivity index (χ0n) is 12.0. The predicted molar refractivity (Wildman–Crippen MR) is 72.0 cm³/mol. The maximum Gasteiger partial charge on any atom is 0.118 e. The molecule has 0 amide bonds. The number of hydrogen-bond acceptors (Lipinski definition) is 5. The molecule has 20 heavy (non-hydrogen) atoms. The van der Waals surface area contributed by atoms with Crippen molar-refractivity contribution < 1.29 is 24.5 Å². The van der Waals surface area contributed by atoms with E-state index in [-0.39, 0.29) is 12.5 Å². The van der Waals surface area contributed by atoms with Crippen molar-refractivity contribution in [2.24, 2.45) is 11.8 Å². The van der Waals surface area contributed by atoms with Crippen molar-refractivity contribution in [1.82, 2.24) is 0 Å².